The van der Waals surface area contributed by atoms with Crippen LogP contribution in [0.4, 0.5) is 5.82 Å². The van der Waals surface area contributed by atoms with Gasteiger partial charge in [0, 0.05) is 31.9 Å². The van der Waals surface area contributed by atoms with E-state index < -0.39 is 0 Å². The van der Waals surface area contributed by atoms with E-state index in [0.29, 0.717) is 18.2 Å². The lowest BCUT2D eigenvalue weighted by Gasteiger charge is -2.33. The molecule has 4 nitrogen and oxygen atoms in total. The maximum atomic E-state index is 6.24. The molecular weight excluding hydrogens is 274 g/mol. The van der Waals surface area contributed by atoms with E-state index in [-0.39, 0.29) is 0 Å². The van der Waals surface area contributed by atoms with E-state index in [1.54, 1.807) is 6.20 Å². The van der Waals surface area contributed by atoms with Gasteiger partial charge < -0.3 is 15.0 Å². The molecule has 1 aromatic rings. The van der Waals surface area contributed by atoms with Crippen LogP contribution < -0.4 is 10.2 Å². The average molecular weight is 296 g/mol. The molecule has 2 aliphatic heterocycles. The minimum atomic E-state index is 0.378. The lowest BCUT2D eigenvalue weighted by atomic mass is 10.2. The van der Waals surface area contributed by atoms with Gasteiger partial charge in [0.25, 0.3) is 0 Å². The quantitative estimate of drug-likeness (QED) is 0.926. The van der Waals surface area contributed by atoms with Crippen LogP contribution in [0.25, 0.3) is 0 Å². The zero-order valence-electron chi connectivity index (χ0n) is 12.1. The summed E-state index contributed by atoms with van der Waals surface area (Å²) in [6, 6.07) is 2.56. The number of ether oxygens (including phenoxy) is 1. The van der Waals surface area contributed by atoms with E-state index in [1.165, 1.54) is 12.8 Å². The molecular formula is C15H22ClN3O. The summed E-state index contributed by atoms with van der Waals surface area (Å²) >= 11 is 6.24. The Hall–Kier alpha value is -0.840. The van der Waals surface area contributed by atoms with Crippen LogP contribution >= 0.6 is 11.6 Å². The van der Waals surface area contributed by atoms with Crippen molar-refractivity contribution in [2.45, 2.75) is 51.5 Å². The van der Waals surface area contributed by atoms with E-state index in [1.807, 2.05) is 0 Å². The highest BCUT2D eigenvalue weighted by atomic mass is 35.5. The van der Waals surface area contributed by atoms with E-state index in [9.17, 15) is 0 Å². The van der Waals surface area contributed by atoms with Gasteiger partial charge in [-0.05, 0) is 24.5 Å². The van der Waals surface area contributed by atoms with Gasteiger partial charge in [0.2, 0.25) is 0 Å². The topological polar surface area (TPSA) is 37.4 Å². The summed E-state index contributed by atoms with van der Waals surface area (Å²) in [5, 5.41) is 4.14. The highest BCUT2D eigenvalue weighted by molar-refractivity contribution is 6.31. The molecule has 3 rings (SSSR count). The number of nitrogens with one attached hydrogen (secondary N) is 1. The largest absolute Gasteiger partial charge is 0.371 e. The van der Waals surface area contributed by atoms with Crippen LogP contribution in [0.1, 0.15) is 32.3 Å². The monoisotopic (exact) mass is 295 g/mol. The van der Waals surface area contributed by atoms with Gasteiger partial charge in [-0.3, -0.25) is 0 Å². The molecule has 0 amide bonds. The highest BCUT2D eigenvalue weighted by Crippen LogP contribution is 2.30. The predicted octanol–water partition coefficient (Wildman–Crippen LogP) is 2.60. The van der Waals surface area contributed by atoms with Gasteiger partial charge in [-0.25, -0.2) is 4.98 Å². The Morgan fingerprint density at radius 2 is 2.10 bits per heavy atom. The number of nitrogens with zero attached hydrogens (tertiary/aromatic N) is 2. The van der Waals surface area contributed by atoms with Crippen molar-refractivity contribution in [3.8, 4) is 0 Å². The van der Waals surface area contributed by atoms with Crippen LogP contribution in [-0.2, 0) is 11.3 Å². The second-order valence-electron chi connectivity index (χ2n) is 6.03. The second-order valence-corrected chi connectivity index (χ2v) is 6.44. The van der Waals surface area contributed by atoms with Crippen LogP contribution in [0.3, 0.4) is 0 Å². The summed E-state index contributed by atoms with van der Waals surface area (Å²) in [5.74, 6) is 1.02. The summed E-state index contributed by atoms with van der Waals surface area (Å²) in [5.41, 5.74) is 1.12. The van der Waals surface area contributed by atoms with Crippen molar-refractivity contribution in [1.29, 1.82) is 0 Å². The Balaban J connectivity index is 1.74. The summed E-state index contributed by atoms with van der Waals surface area (Å²) < 4.78 is 5.87. The molecule has 2 saturated heterocycles. The standard InChI is InChI=1S/C15H22ClN3O/c1-10(2)17-6-11-5-15(18-7-14(11)16)19-8-12-3-4-13(9-19)20-12/h5,7,10,12-13,17H,3-4,6,8-9H2,1-2H3. The maximum absolute atomic E-state index is 6.24. The number of aromatic nitrogens is 1. The molecule has 5 heteroatoms. The molecule has 20 heavy (non-hydrogen) atoms. The molecule has 110 valence electrons. The van der Waals surface area contributed by atoms with Gasteiger partial charge >= 0.3 is 0 Å². The number of hydrogen-bond donors (Lipinski definition) is 1. The predicted molar refractivity (Wildman–Crippen MR) is 81.3 cm³/mol. The van der Waals surface area contributed by atoms with E-state index in [2.05, 4.69) is 35.1 Å². The lowest BCUT2D eigenvalue weighted by molar-refractivity contribution is 0.0302. The fourth-order valence-corrected chi connectivity index (χ4v) is 3.06. The zero-order valence-corrected chi connectivity index (χ0v) is 12.9. The number of rotatable bonds is 4. The van der Waals surface area contributed by atoms with Gasteiger partial charge in [-0.15, -0.1) is 0 Å². The summed E-state index contributed by atoms with van der Waals surface area (Å²) in [4.78, 5) is 6.83. The number of fused-ring (bicyclic) bond motifs is 2. The first kappa shape index (κ1) is 14.1. The third kappa shape index (κ3) is 3.08. The minimum absolute atomic E-state index is 0.378. The molecule has 0 aromatic carbocycles. The lowest BCUT2D eigenvalue weighted by Crippen LogP contribution is -2.43. The Bertz CT molecular complexity index is 468. The first-order chi connectivity index (χ1) is 9.61. The third-order valence-corrected chi connectivity index (χ3v) is 4.33. The van der Waals surface area contributed by atoms with E-state index in [4.69, 9.17) is 16.3 Å². The molecule has 0 spiro atoms. The van der Waals surface area contributed by atoms with Crippen LogP contribution in [0.15, 0.2) is 12.3 Å². The van der Waals surface area contributed by atoms with Gasteiger partial charge in [0.15, 0.2) is 0 Å². The molecule has 2 unspecified atom stereocenters. The van der Waals surface area contributed by atoms with Crippen molar-refractivity contribution in [2.24, 2.45) is 0 Å². The van der Waals surface area contributed by atoms with Crippen LogP contribution in [0, 0.1) is 0 Å². The van der Waals surface area contributed by atoms with E-state index >= 15 is 0 Å². The minimum Gasteiger partial charge on any atom is -0.371 e. The van der Waals surface area contributed by atoms with Gasteiger partial charge in [0.05, 0.1) is 17.2 Å². The fraction of sp³-hybridized carbons (Fsp3) is 0.667. The summed E-state index contributed by atoms with van der Waals surface area (Å²) in [7, 11) is 0. The molecule has 0 radical (unpaired) electrons. The Labute approximate surface area is 125 Å². The van der Waals surface area contributed by atoms with Crippen LogP contribution in [-0.4, -0.2) is 36.3 Å². The molecule has 0 aliphatic carbocycles. The molecule has 2 atom stereocenters. The van der Waals surface area contributed by atoms with Crippen LogP contribution in [0.5, 0.6) is 0 Å². The smallest absolute Gasteiger partial charge is 0.129 e. The zero-order chi connectivity index (χ0) is 14.1. The molecule has 2 aliphatic rings. The third-order valence-electron chi connectivity index (χ3n) is 3.99. The fourth-order valence-electron chi connectivity index (χ4n) is 2.89. The molecule has 2 fully saturated rings. The molecule has 3 heterocycles. The van der Waals surface area contributed by atoms with E-state index in [0.717, 1.165) is 36.0 Å². The number of hydrogen-bond acceptors (Lipinski definition) is 4. The molecule has 0 saturated carbocycles. The van der Waals surface area contributed by atoms with Gasteiger partial charge in [-0.2, -0.15) is 0 Å². The van der Waals surface area contributed by atoms with Crippen LogP contribution in [0.2, 0.25) is 5.02 Å². The number of morpholine rings is 1. The summed E-state index contributed by atoms with van der Waals surface area (Å²) in [6.45, 7) is 6.94. The highest BCUT2D eigenvalue weighted by Gasteiger charge is 2.34. The van der Waals surface area contributed by atoms with Crippen molar-refractivity contribution in [3.63, 3.8) is 0 Å². The first-order valence-electron chi connectivity index (χ1n) is 7.40. The number of halogens is 1. The normalized spacial score (nSPS) is 25.5. The summed E-state index contributed by atoms with van der Waals surface area (Å²) in [6.07, 6.45) is 4.88. The molecule has 1 aromatic heterocycles. The van der Waals surface area contributed by atoms with Crippen molar-refractivity contribution in [3.05, 3.63) is 22.8 Å². The molecule has 1 N–H and O–H groups in total. The molecule has 2 bridgehead atoms. The van der Waals surface area contributed by atoms with Crippen molar-refractivity contribution in [1.82, 2.24) is 10.3 Å². The van der Waals surface area contributed by atoms with Crippen molar-refractivity contribution < 1.29 is 4.74 Å². The average Bonchev–Trinajstić information content (AvgIpc) is 2.76. The number of pyridine rings is 1. The second kappa shape index (κ2) is 5.88. The SMILES string of the molecule is CC(C)NCc1cc(N2CC3CCC(C2)O3)ncc1Cl. The van der Waals surface area contributed by atoms with Crippen molar-refractivity contribution >= 4 is 17.4 Å². The van der Waals surface area contributed by atoms with Gasteiger partial charge in [0.1, 0.15) is 5.82 Å². The Kier molecular flexibility index (Phi) is 4.15. The Morgan fingerprint density at radius 1 is 1.40 bits per heavy atom. The first-order valence-corrected chi connectivity index (χ1v) is 7.78. The Morgan fingerprint density at radius 3 is 2.75 bits per heavy atom. The number of anilines is 1. The maximum Gasteiger partial charge on any atom is 0.129 e. The van der Waals surface area contributed by atoms with Crippen molar-refractivity contribution in [2.75, 3.05) is 18.0 Å². The van der Waals surface area contributed by atoms with Gasteiger partial charge in [-0.1, -0.05) is 25.4 Å².